The van der Waals surface area contributed by atoms with Crippen LogP contribution in [0.2, 0.25) is 10.0 Å². The maximum Gasteiger partial charge on any atom is 0.469 e. The number of amides is 6. The summed E-state index contributed by atoms with van der Waals surface area (Å²) in [5.74, 6) is -5.06. The van der Waals surface area contributed by atoms with E-state index in [4.69, 9.17) is 33.8 Å². The number of oxime groups is 1. The van der Waals surface area contributed by atoms with Crippen LogP contribution >= 0.6 is 31.0 Å². The van der Waals surface area contributed by atoms with Crippen LogP contribution in [0.3, 0.4) is 0 Å². The first-order valence-electron chi connectivity index (χ1n) is 23.0. The summed E-state index contributed by atoms with van der Waals surface area (Å²) in [4.78, 5) is 121. The average molecular weight is 1050 g/mol. The van der Waals surface area contributed by atoms with Gasteiger partial charge >= 0.3 is 7.82 Å². The van der Waals surface area contributed by atoms with Gasteiger partial charge in [0.05, 0.1) is 41.8 Å². The van der Waals surface area contributed by atoms with Gasteiger partial charge in [-0.25, -0.2) is 9.55 Å². The predicted molar refractivity (Wildman–Crippen MR) is 261 cm³/mol. The van der Waals surface area contributed by atoms with Crippen molar-refractivity contribution in [1.82, 2.24) is 40.3 Å². The van der Waals surface area contributed by atoms with Crippen LogP contribution in [0.15, 0.2) is 59.0 Å². The summed E-state index contributed by atoms with van der Waals surface area (Å²) in [6.07, 6.45) is 8.43. The zero-order chi connectivity index (χ0) is 52.4. The number of nitrogens with zero attached hydrogens (tertiary/aromatic N) is 5. The number of aliphatic hydroxyl groups excluding tert-OH is 1. The second-order valence-electron chi connectivity index (χ2n) is 17.5. The van der Waals surface area contributed by atoms with Crippen LogP contribution in [0.4, 0.5) is 0 Å². The normalized spacial score (nSPS) is 16.0. The minimum absolute atomic E-state index is 0.117. The first-order chi connectivity index (χ1) is 33.6. The predicted octanol–water partition coefficient (Wildman–Crippen LogP) is 1.53. The van der Waals surface area contributed by atoms with Crippen LogP contribution in [0, 0.1) is 5.92 Å². The van der Waals surface area contributed by atoms with Crippen molar-refractivity contribution >= 4 is 72.7 Å². The van der Waals surface area contributed by atoms with E-state index >= 15 is 0 Å². The number of nitrogens with one attached hydrogen (secondary N) is 4. The van der Waals surface area contributed by atoms with Crippen LogP contribution in [0.25, 0.3) is 0 Å². The van der Waals surface area contributed by atoms with Gasteiger partial charge in [-0.3, -0.25) is 38.1 Å². The van der Waals surface area contributed by atoms with Gasteiger partial charge in [0.1, 0.15) is 36.8 Å². The largest absolute Gasteiger partial charge is 0.469 e. The summed E-state index contributed by atoms with van der Waals surface area (Å²) in [5, 5.41) is 25.0. The van der Waals surface area contributed by atoms with Gasteiger partial charge in [0, 0.05) is 56.2 Å². The fourth-order valence-corrected chi connectivity index (χ4v) is 8.63. The maximum absolute atomic E-state index is 14.1. The lowest BCUT2D eigenvalue weighted by atomic mass is 10.0. The summed E-state index contributed by atoms with van der Waals surface area (Å²) < 4.78 is 19.2. The minimum atomic E-state index is -5.14. The van der Waals surface area contributed by atoms with Crippen molar-refractivity contribution in [2.24, 2.45) is 16.8 Å². The number of rotatable bonds is 28. The zero-order valence-corrected chi connectivity index (χ0v) is 42.3. The highest BCUT2D eigenvalue weighted by atomic mass is 35.5. The molecule has 71 heavy (non-hydrogen) atoms. The minimum Gasteiger partial charge on any atom is -0.396 e. The Morgan fingerprint density at radius 2 is 1.62 bits per heavy atom. The number of phosphoric acid groups is 1. The van der Waals surface area contributed by atoms with Crippen molar-refractivity contribution in [3.05, 3.63) is 86.3 Å². The lowest BCUT2D eigenvalue weighted by molar-refractivity contribution is -0.139. The summed E-state index contributed by atoms with van der Waals surface area (Å²) in [7, 11) is -5.14. The van der Waals surface area contributed by atoms with Gasteiger partial charge in [0.2, 0.25) is 35.4 Å². The number of aryl methyl sites for hydroxylation is 1. The Hall–Kier alpha value is -5.68. The number of carbonyl (C=O) groups excluding carboxylic acids is 6. The molecule has 1 aliphatic heterocycles. The highest BCUT2D eigenvalue weighted by molar-refractivity contribution is 7.46. The highest BCUT2D eigenvalue weighted by Gasteiger charge is 2.37. The van der Waals surface area contributed by atoms with E-state index in [1.807, 2.05) is 13.8 Å². The number of hydrogen-bond acceptors (Lipinski definition) is 13. The Bertz CT molecular complexity index is 2470. The third kappa shape index (κ3) is 18.8. The SMILES string of the molecule is CC(=O)N1CCC[C@H]1C(=O)N[C@@H](CC(C)C)C(=O)N[C@@H](Cc1cncn1CCCCCCO/N=C/c1ccc(=O)n(Cc2ccc(Cl)c(Cl)c2)c1)C(=O)N[C@@H](CO)C(=O)N[C@H](C(N)=O)[C@@H](C)OP(=O)(O)O. The molecule has 1 aliphatic rings. The van der Waals surface area contributed by atoms with Gasteiger partial charge < -0.3 is 60.8 Å². The first kappa shape index (κ1) is 57.9. The Morgan fingerprint density at radius 3 is 2.28 bits per heavy atom. The van der Waals surface area contributed by atoms with Crippen molar-refractivity contribution in [2.45, 2.75) is 128 Å². The maximum atomic E-state index is 14.1. The van der Waals surface area contributed by atoms with E-state index in [1.54, 1.807) is 41.4 Å². The number of imidazole rings is 1. The number of carbonyl (C=O) groups is 6. The van der Waals surface area contributed by atoms with Crippen molar-refractivity contribution in [3.8, 4) is 0 Å². The van der Waals surface area contributed by atoms with E-state index < -0.39 is 80.3 Å². The standard InChI is InChI=1S/C45H63Cl2N10O13P/c1-27(2)18-35(52-45(65)38-10-9-16-57(38)29(4)59)42(62)51-36(43(63)53-37(25-58)44(64)54-40(41(48)61)28(3)70-71(66,67)68)20-32-22-49-26-55(32)15-7-5-6-8-17-69-50-21-31-12-14-39(60)56(24-31)23-30-11-13-33(46)34(47)19-30/h11-14,19,21-22,24,26-28,35-38,40,58H,5-10,15-18,20,23,25H2,1-4H3,(H2,48,61)(H,51,62)(H,52,65)(H,53,63)(H,54,64)(H2,66,67,68)/b50-21+/t28-,35+,36+,37+,38+,40+/m1/s1. The highest BCUT2D eigenvalue weighted by Crippen LogP contribution is 2.38. The number of phosphoric ester groups is 1. The zero-order valence-electron chi connectivity index (χ0n) is 39.9. The second-order valence-corrected chi connectivity index (χ2v) is 19.5. The number of likely N-dealkylation sites (tertiary alicyclic amines) is 1. The fraction of sp³-hybridized carbons (Fsp3) is 0.533. The Balaban J connectivity index is 1.40. The Labute approximate surface area is 420 Å². The van der Waals surface area contributed by atoms with Crippen molar-refractivity contribution < 1.29 is 57.6 Å². The molecular formula is C45H63Cl2N10O13P. The van der Waals surface area contributed by atoms with E-state index in [0.717, 1.165) is 25.3 Å². The molecule has 0 unspecified atom stereocenters. The number of unbranched alkanes of at least 4 members (excludes halogenated alkanes) is 3. The molecule has 4 rings (SSSR count). The molecule has 6 atom stereocenters. The molecule has 1 fully saturated rings. The molecule has 3 aromatic rings. The van der Waals surface area contributed by atoms with E-state index in [-0.39, 0.29) is 36.8 Å². The number of hydrogen-bond donors (Lipinski definition) is 8. The third-order valence-corrected chi connectivity index (χ3v) is 12.7. The summed E-state index contributed by atoms with van der Waals surface area (Å²) >= 11 is 12.1. The molecule has 0 aliphatic carbocycles. The average Bonchev–Trinajstić information content (AvgIpc) is 3.98. The number of aromatic nitrogens is 3. The monoisotopic (exact) mass is 1050 g/mol. The van der Waals surface area contributed by atoms with Crippen LogP contribution in [0.5, 0.6) is 0 Å². The van der Waals surface area contributed by atoms with Gasteiger partial charge in [-0.1, -0.05) is 54.7 Å². The summed E-state index contributed by atoms with van der Waals surface area (Å²) in [5.41, 5.74) is 7.11. The summed E-state index contributed by atoms with van der Waals surface area (Å²) in [6, 6.07) is 1.26. The molecule has 23 nitrogen and oxygen atoms in total. The lowest BCUT2D eigenvalue weighted by Crippen LogP contribution is -2.61. The number of primary amides is 1. The second kappa shape index (κ2) is 27.8. The van der Waals surface area contributed by atoms with Crippen molar-refractivity contribution in [3.63, 3.8) is 0 Å². The van der Waals surface area contributed by atoms with Gasteiger partial charge in [-0.2, -0.15) is 0 Å². The number of halogens is 2. The molecule has 1 aromatic carbocycles. The van der Waals surface area contributed by atoms with E-state index in [2.05, 4.69) is 35.9 Å². The van der Waals surface area contributed by atoms with Crippen LogP contribution in [-0.2, 0) is 62.2 Å². The van der Waals surface area contributed by atoms with Crippen molar-refractivity contribution in [1.29, 1.82) is 0 Å². The van der Waals surface area contributed by atoms with Crippen molar-refractivity contribution in [2.75, 3.05) is 19.8 Å². The first-order valence-corrected chi connectivity index (χ1v) is 25.3. The molecular weight excluding hydrogens is 990 g/mol. The topological polar surface area (TPSA) is 328 Å². The molecule has 26 heteroatoms. The van der Waals surface area contributed by atoms with Crippen LogP contribution < -0.4 is 32.6 Å². The van der Waals surface area contributed by atoms with Crippen LogP contribution in [-0.4, -0.2) is 132 Å². The summed E-state index contributed by atoms with van der Waals surface area (Å²) in [6.45, 7) is 6.52. The molecule has 2 aromatic heterocycles. The van der Waals surface area contributed by atoms with Gasteiger partial charge in [0.15, 0.2) is 0 Å². The van der Waals surface area contributed by atoms with E-state index in [9.17, 15) is 53.0 Å². The van der Waals surface area contributed by atoms with E-state index in [1.165, 1.54) is 34.9 Å². The molecule has 3 heterocycles. The van der Waals surface area contributed by atoms with Gasteiger partial charge in [0.25, 0.3) is 5.56 Å². The van der Waals surface area contributed by atoms with Crippen LogP contribution in [0.1, 0.15) is 89.5 Å². The number of aliphatic hydroxyl groups is 1. The van der Waals surface area contributed by atoms with Gasteiger partial charge in [-0.15, -0.1) is 0 Å². The molecule has 0 saturated carbocycles. The fourth-order valence-electron chi connectivity index (χ4n) is 7.75. The smallest absolute Gasteiger partial charge is 0.396 e. The lowest BCUT2D eigenvalue weighted by Gasteiger charge is -2.28. The molecule has 390 valence electrons. The number of nitrogens with two attached hydrogens (primary N) is 1. The number of benzene rings is 1. The molecule has 1 saturated heterocycles. The molecule has 0 bridgehead atoms. The molecule has 0 spiro atoms. The molecule has 6 amide bonds. The van der Waals surface area contributed by atoms with E-state index in [0.29, 0.717) is 66.7 Å². The van der Waals surface area contributed by atoms with Gasteiger partial charge in [-0.05, 0) is 75.1 Å². The number of pyridine rings is 1. The quantitative estimate of drug-likeness (QED) is 0.0221. The Kier molecular flexibility index (Phi) is 22.7. The third-order valence-electron chi connectivity index (χ3n) is 11.3. The molecule has 9 N–H and O–H groups in total. The molecule has 0 radical (unpaired) electrons. The Morgan fingerprint density at radius 1 is 0.930 bits per heavy atom.